The second-order valence-corrected chi connectivity index (χ2v) is 6.79. The Morgan fingerprint density at radius 2 is 1.27 bits per heavy atom. The maximum atomic E-state index is 12.9. The molecular weight excluding hydrogens is 347 g/mol. The summed E-state index contributed by atoms with van der Waals surface area (Å²) in [4.78, 5) is 24.4. The lowest BCUT2D eigenvalue weighted by molar-refractivity contribution is -0.156. The van der Waals surface area contributed by atoms with Crippen LogP contribution in [-0.4, -0.2) is 4.98 Å². The van der Waals surface area contributed by atoms with Crippen molar-refractivity contribution in [2.24, 2.45) is 0 Å². The number of H-pyrrole nitrogens is 1. The van der Waals surface area contributed by atoms with Gasteiger partial charge in [-0.3, -0.25) is 9.78 Å². The lowest BCUT2D eigenvalue weighted by atomic mass is 10.0. The summed E-state index contributed by atoms with van der Waals surface area (Å²) in [5.41, 5.74) is -1.49. The minimum atomic E-state index is -4.83. The van der Waals surface area contributed by atoms with Crippen molar-refractivity contribution < 1.29 is 17.6 Å². The number of rotatable bonds is 13. The zero-order valence-electron chi connectivity index (χ0n) is 15.6. The average Bonchev–Trinajstić information content (AvgIpc) is 2.56. The van der Waals surface area contributed by atoms with E-state index in [1.54, 1.807) is 4.98 Å². The molecule has 1 heterocycles. The second kappa shape index (κ2) is 12.0. The molecule has 0 saturated heterocycles. The molecule has 1 aromatic rings. The smallest absolute Gasteiger partial charge is 0.404 e. The van der Waals surface area contributed by atoms with Crippen molar-refractivity contribution in [3.63, 3.8) is 0 Å². The van der Waals surface area contributed by atoms with Crippen LogP contribution in [0.15, 0.2) is 14.0 Å². The van der Waals surface area contributed by atoms with Crippen molar-refractivity contribution in [2.75, 3.05) is 0 Å². The molecule has 0 aliphatic heterocycles. The number of hydrogen-bond acceptors (Lipinski definition) is 3. The molecule has 0 bridgehead atoms. The largest absolute Gasteiger partial charge is 0.450 e. The standard InChI is InChI=1S/C19H30F3NO3/c1-2-3-4-5-6-7-8-9-10-11-12-13-14-15-16(19(20,21)22)26-18(25)23-17(15)24/h2-14H2,1H3,(H,23,24,25). The molecule has 1 aromatic heterocycles. The summed E-state index contributed by atoms with van der Waals surface area (Å²) in [6, 6.07) is 0. The van der Waals surface area contributed by atoms with Crippen molar-refractivity contribution in [3.8, 4) is 0 Å². The van der Waals surface area contributed by atoms with Crippen LogP contribution in [0.3, 0.4) is 0 Å². The van der Waals surface area contributed by atoms with Crippen LogP contribution in [0, 0.1) is 0 Å². The van der Waals surface area contributed by atoms with Crippen molar-refractivity contribution >= 4 is 0 Å². The first-order valence-corrected chi connectivity index (χ1v) is 9.69. The molecule has 0 fully saturated rings. The Bertz CT molecular complexity index is 620. The molecule has 1 rings (SSSR count). The van der Waals surface area contributed by atoms with Crippen molar-refractivity contribution in [1.82, 2.24) is 4.98 Å². The molecule has 150 valence electrons. The van der Waals surface area contributed by atoms with E-state index in [4.69, 9.17) is 0 Å². The number of aromatic nitrogens is 1. The van der Waals surface area contributed by atoms with Crippen LogP contribution in [0.5, 0.6) is 0 Å². The van der Waals surface area contributed by atoms with E-state index in [-0.39, 0.29) is 6.42 Å². The van der Waals surface area contributed by atoms with Gasteiger partial charge in [0.1, 0.15) is 0 Å². The number of nitrogens with one attached hydrogen (secondary N) is 1. The molecular formula is C19H30F3NO3. The minimum absolute atomic E-state index is 0.0363. The molecule has 0 unspecified atom stereocenters. The lowest BCUT2D eigenvalue weighted by Crippen LogP contribution is -2.28. The molecule has 1 N–H and O–H groups in total. The fourth-order valence-electron chi connectivity index (χ4n) is 3.05. The molecule has 0 atom stereocenters. The molecule has 4 nitrogen and oxygen atoms in total. The Kier molecular flexibility index (Phi) is 10.4. The Hall–Kier alpha value is -1.53. The van der Waals surface area contributed by atoms with Gasteiger partial charge < -0.3 is 4.42 Å². The first-order chi connectivity index (χ1) is 12.4. The summed E-state index contributed by atoms with van der Waals surface area (Å²) in [6.45, 7) is 2.20. The number of halogens is 3. The normalized spacial score (nSPS) is 11.8. The Balaban J connectivity index is 2.23. The minimum Gasteiger partial charge on any atom is -0.404 e. The zero-order chi connectivity index (χ0) is 19.4. The van der Waals surface area contributed by atoms with Gasteiger partial charge in [0.15, 0.2) is 0 Å². The highest BCUT2D eigenvalue weighted by molar-refractivity contribution is 5.16. The van der Waals surface area contributed by atoms with E-state index in [1.165, 1.54) is 44.9 Å². The van der Waals surface area contributed by atoms with Crippen LogP contribution in [-0.2, 0) is 12.6 Å². The van der Waals surface area contributed by atoms with Crippen LogP contribution in [0.2, 0.25) is 0 Å². The summed E-state index contributed by atoms with van der Waals surface area (Å²) < 4.78 is 42.8. The summed E-state index contributed by atoms with van der Waals surface area (Å²) in [5, 5.41) is 0. The van der Waals surface area contributed by atoms with Crippen LogP contribution >= 0.6 is 0 Å². The Labute approximate surface area is 152 Å². The van der Waals surface area contributed by atoms with Crippen LogP contribution < -0.4 is 11.3 Å². The summed E-state index contributed by atoms with van der Waals surface area (Å²) in [6.07, 6.45) is 8.40. The van der Waals surface area contributed by atoms with Crippen LogP contribution in [0.25, 0.3) is 0 Å². The third-order valence-electron chi connectivity index (χ3n) is 4.50. The lowest BCUT2D eigenvalue weighted by Gasteiger charge is -2.09. The SMILES string of the molecule is CCCCCCCCCCCCCCc1c(C(F)(F)F)oc(=O)[nH]c1=O. The molecule has 0 saturated carbocycles. The van der Waals surface area contributed by atoms with Gasteiger partial charge >= 0.3 is 11.9 Å². The van der Waals surface area contributed by atoms with Crippen LogP contribution in [0.4, 0.5) is 13.2 Å². The van der Waals surface area contributed by atoms with Gasteiger partial charge in [-0.1, -0.05) is 77.6 Å². The highest BCUT2D eigenvalue weighted by Gasteiger charge is 2.38. The highest BCUT2D eigenvalue weighted by Crippen LogP contribution is 2.30. The molecule has 7 heteroatoms. The average molecular weight is 377 g/mol. The van der Waals surface area contributed by atoms with E-state index in [0.29, 0.717) is 6.42 Å². The van der Waals surface area contributed by atoms with Crippen molar-refractivity contribution in [1.29, 1.82) is 0 Å². The topological polar surface area (TPSA) is 63.1 Å². The number of hydrogen-bond donors (Lipinski definition) is 1. The number of alkyl halides is 3. The Morgan fingerprint density at radius 3 is 1.73 bits per heavy atom. The molecule has 0 spiro atoms. The molecule has 0 aliphatic rings. The third kappa shape index (κ3) is 8.72. The first kappa shape index (κ1) is 22.5. The highest BCUT2D eigenvalue weighted by atomic mass is 19.4. The van der Waals surface area contributed by atoms with Crippen molar-refractivity contribution in [3.05, 3.63) is 32.2 Å². The molecule has 0 radical (unpaired) electrons. The molecule has 26 heavy (non-hydrogen) atoms. The Morgan fingerprint density at radius 1 is 0.808 bits per heavy atom. The van der Waals surface area contributed by atoms with Gasteiger partial charge in [-0.2, -0.15) is 13.2 Å². The number of aromatic amines is 1. The van der Waals surface area contributed by atoms with Gasteiger partial charge in [0.2, 0.25) is 5.76 Å². The van der Waals surface area contributed by atoms with E-state index in [9.17, 15) is 22.8 Å². The van der Waals surface area contributed by atoms with Gasteiger partial charge in [0, 0.05) is 0 Å². The number of unbranched alkanes of at least 4 members (excludes halogenated alkanes) is 11. The summed E-state index contributed by atoms with van der Waals surface area (Å²) in [7, 11) is 0. The second-order valence-electron chi connectivity index (χ2n) is 6.79. The van der Waals surface area contributed by atoms with Gasteiger partial charge in [0.05, 0.1) is 5.56 Å². The van der Waals surface area contributed by atoms with Crippen molar-refractivity contribution in [2.45, 2.75) is 96.6 Å². The van der Waals surface area contributed by atoms with E-state index in [2.05, 4.69) is 11.3 Å². The van der Waals surface area contributed by atoms with Gasteiger partial charge in [-0.05, 0) is 12.8 Å². The predicted molar refractivity (Wildman–Crippen MR) is 95.4 cm³/mol. The quantitative estimate of drug-likeness (QED) is 0.456. The fraction of sp³-hybridized carbons (Fsp3) is 0.789. The predicted octanol–water partition coefficient (Wildman–Crippen LogP) is 5.59. The van der Waals surface area contributed by atoms with E-state index >= 15 is 0 Å². The van der Waals surface area contributed by atoms with Gasteiger partial charge in [-0.25, -0.2) is 4.79 Å². The third-order valence-corrected chi connectivity index (χ3v) is 4.50. The summed E-state index contributed by atoms with van der Waals surface area (Å²) >= 11 is 0. The molecule has 0 amide bonds. The molecule has 0 aromatic carbocycles. The van der Waals surface area contributed by atoms with E-state index in [0.717, 1.165) is 25.7 Å². The maximum Gasteiger partial charge on any atom is 0.450 e. The maximum absolute atomic E-state index is 12.9. The summed E-state index contributed by atoms with van der Waals surface area (Å²) in [5.74, 6) is -2.84. The first-order valence-electron chi connectivity index (χ1n) is 9.69. The molecule has 0 aliphatic carbocycles. The van der Waals surface area contributed by atoms with E-state index < -0.39 is 28.8 Å². The fourth-order valence-corrected chi connectivity index (χ4v) is 3.05. The van der Waals surface area contributed by atoms with Gasteiger partial charge in [-0.15, -0.1) is 0 Å². The van der Waals surface area contributed by atoms with Crippen LogP contribution in [0.1, 0.15) is 95.3 Å². The van der Waals surface area contributed by atoms with E-state index in [1.807, 2.05) is 0 Å². The zero-order valence-corrected chi connectivity index (χ0v) is 15.6. The monoisotopic (exact) mass is 377 g/mol. The van der Waals surface area contributed by atoms with Gasteiger partial charge in [0.25, 0.3) is 5.56 Å².